The third-order valence-electron chi connectivity index (χ3n) is 6.00. The molecule has 4 heteroatoms. The van der Waals surface area contributed by atoms with Crippen molar-refractivity contribution in [2.75, 3.05) is 0 Å². The number of hydrogen-bond acceptors (Lipinski definition) is 1. The van der Waals surface area contributed by atoms with Gasteiger partial charge in [0.1, 0.15) is 0 Å². The second kappa shape index (κ2) is 5.82. The first kappa shape index (κ1) is 18.2. The van der Waals surface area contributed by atoms with Crippen LogP contribution in [0.2, 0.25) is 0 Å². The highest BCUT2D eigenvalue weighted by molar-refractivity contribution is 6.32. The van der Waals surface area contributed by atoms with Crippen LogP contribution in [0.3, 0.4) is 0 Å². The SMILES string of the molecule is Cc1cc2cccc3c4cc(CC(C)(C)C(F)(F)F)cc5ccnc(c(c1)c23)c54. The highest BCUT2D eigenvalue weighted by Crippen LogP contribution is 2.43. The number of hydrogen-bond donors (Lipinski definition) is 0. The van der Waals surface area contributed by atoms with Gasteiger partial charge in [-0.2, -0.15) is 13.2 Å². The lowest BCUT2D eigenvalue weighted by Crippen LogP contribution is -2.34. The van der Waals surface area contributed by atoms with Crippen LogP contribution < -0.4 is 0 Å². The Balaban J connectivity index is 1.91. The molecule has 0 spiro atoms. The molecule has 0 saturated carbocycles. The number of benzene rings is 4. The van der Waals surface area contributed by atoms with Crippen molar-refractivity contribution in [2.45, 2.75) is 33.4 Å². The minimum Gasteiger partial charge on any atom is -0.256 e. The molecule has 29 heavy (non-hydrogen) atoms. The summed E-state index contributed by atoms with van der Waals surface area (Å²) in [7, 11) is 0. The molecule has 0 aliphatic carbocycles. The number of aryl methyl sites for hydroxylation is 1. The summed E-state index contributed by atoms with van der Waals surface area (Å²) in [6, 6.07) is 16.2. The second-order valence-corrected chi connectivity index (χ2v) is 8.68. The largest absolute Gasteiger partial charge is 0.394 e. The zero-order valence-electron chi connectivity index (χ0n) is 16.5. The normalized spacial score (nSPS) is 13.3. The molecule has 0 atom stereocenters. The maximum atomic E-state index is 13.5. The van der Waals surface area contributed by atoms with Crippen LogP contribution in [0.5, 0.6) is 0 Å². The lowest BCUT2D eigenvalue weighted by Gasteiger charge is -2.28. The van der Waals surface area contributed by atoms with Gasteiger partial charge >= 0.3 is 6.18 Å². The first-order chi connectivity index (χ1) is 13.7. The van der Waals surface area contributed by atoms with Crippen molar-refractivity contribution in [1.29, 1.82) is 0 Å². The highest BCUT2D eigenvalue weighted by Gasteiger charge is 2.47. The van der Waals surface area contributed by atoms with Crippen LogP contribution in [0.4, 0.5) is 13.2 Å². The lowest BCUT2D eigenvalue weighted by molar-refractivity contribution is -0.211. The summed E-state index contributed by atoms with van der Waals surface area (Å²) in [4.78, 5) is 4.67. The summed E-state index contributed by atoms with van der Waals surface area (Å²) in [5.74, 6) is 0. The average Bonchev–Trinajstić information content (AvgIpc) is 2.63. The van der Waals surface area contributed by atoms with E-state index in [0.29, 0.717) is 5.56 Å². The van der Waals surface area contributed by atoms with Crippen molar-refractivity contribution in [1.82, 2.24) is 4.98 Å². The predicted molar refractivity (Wildman–Crippen MR) is 114 cm³/mol. The molecule has 5 rings (SSSR count). The molecule has 0 N–H and O–H groups in total. The fourth-order valence-electron chi connectivity index (χ4n) is 4.50. The molecule has 0 fully saturated rings. The number of alkyl halides is 3. The Hall–Kier alpha value is -2.88. The number of aromatic nitrogens is 1. The molecule has 1 heterocycles. The van der Waals surface area contributed by atoms with Crippen LogP contribution in [0.25, 0.3) is 43.2 Å². The number of rotatable bonds is 2. The van der Waals surface area contributed by atoms with Gasteiger partial charge in [-0.25, -0.2) is 0 Å². The van der Waals surface area contributed by atoms with E-state index in [-0.39, 0.29) is 6.42 Å². The van der Waals surface area contributed by atoms with Gasteiger partial charge in [-0.05, 0) is 63.5 Å². The van der Waals surface area contributed by atoms with Crippen molar-refractivity contribution in [3.05, 3.63) is 65.9 Å². The monoisotopic (exact) mass is 391 g/mol. The van der Waals surface area contributed by atoms with E-state index in [1.165, 1.54) is 13.8 Å². The quantitative estimate of drug-likeness (QED) is 0.223. The Morgan fingerprint density at radius 3 is 2.34 bits per heavy atom. The summed E-state index contributed by atoms with van der Waals surface area (Å²) in [6.45, 7) is 4.60. The van der Waals surface area contributed by atoms with Gasteiger partial charge in [-0.3, -0.25) is 4.98 Å². The van der Waals surface area contributed by atoms with Crippen LogP contribution in [0.15, 0.2) is 54.7 Å². The van der Waals surface area contributed by atoms with E-state index in [2.05, 4.69) is 36.2 Å². The minimum atomic E-state index is -4.26. The Morgan fingerprint density at radius 2 is 1.59 bits per heavy atom. The first-order valence-corrected chi connectivity index (χ1v) is 9.68. The Labute approximate surface area is 166 Å². The first-order valence-electron chi connectivity index (χ1n) is 9.68. The van der Waals surface area contributed by atoms with Gasteiger partial charge in [-0.1, -0.05) is 50.2 Å². The summed E-state index contributed by atoms with van der Waals surface area (Å²) in [5, 5.41) is 7.34. The Bertz CT molecular complexity index is 1400. The standard InChI is InChI=1S/C25H20F3N/c1-14-9-16-5-4-6-18-19-12-15(13-24(2,3)25(26,27)28)11-17-7-8-29-23(22(17)19)20(10-14)21(16)18/h4-12H,13H2,1-3H3. The van der Waals surface area contributed by atoms with Crippen molar-refractivity contribution in [3.8, 4) is 0 Å². The molecule has 0 bridgehead atoms. The van der Waals surface area contributed by atoms with Gasteiger partial charge in [-0.15, -0.1) is 0 Å². The van der Waals surface area contributed by atoms with Crippen molar-refractivity contribution < 1.29 is 13.2 Å². The van der Waals surface area contributed by atoms with Gasteiger partial charge in [0.15, 0.2) is 0 Å². The maximum absolute atomic E-state index is 13.5. The van der Waals surface area contributed by atoms with Crippen LogP contribution in [-0.2, 0) is 6.42 Å². The zero-order valence-corrected chi connectivity index (χ0v) is 16.5. The fraction of sp³-hybridized carbons (Fsp3) is 0.240. The number of nitrogens with zero attached hydrogens (tertiary/aromatic N) is 1. The van der Waals surface area contributed by atoms with Crippen LogP contribution >= 0.6 is 0 Å². The Kier molecular flexibility index (Phi) is 3.64. The van der Waals surface area contributed by atoms with Gasteiger partial charge in [0.25, 0.3) is 0 Å². The predicted octanol–water partition coefficient (Wildman–Crippen LogP) is 7.57. The summed E-state index contributed by atoms with van der Waals surface area (Å²) in [6.07, 6.45) is -2.57. The molecular formula is C25H20F3N. The summed E-state index contributed by atoms with van der Waals surface area (Å²) >= 11 is 0. The zero-order chi connectivity index (χ0) is 20.6. The third kappa shape index (κ3) is 2.65. The van der Waals surface area contributed by atoms with E-state index >= 15 is 0 Å². The topological polar surface area (TPSA) is 12.9 Å². The number of halogens is 3. The van der Waals surface area contributed by atoms with Gasteiger partial charge in [0.2, 0.25) is 0 Å². The smallest absolute Gasteiger partial charge is 0.256 e. The average molecular weight is 391 g/mol. The molecule has 1 aromatic heterocycles. The van der Waals surface area contributed by atoms with E-state index < -0.39 is 11.6 Å². The van der Waals surface area contributed by atoms with Gasteiger partial charge < -0.3 is 0 Å². The van der Waals surface area contributed by atoms with E-state index in [9.17, 15) is 13.2 Å². The summed E-state index contributed by atoms with van der Waals surface area (Å²) < 4.78 is 40.5. The maximum Gasteiger partial charge on any atom is 0.394 e. The molecule has 0 unspecified atom stereocenters. The van der Waals surface area contributed by atoms with E-state index in [0.717, 1.165) is 48.8 Å². The lowest BCUT2D eigenvalue weighted by atomic mass is 9.83. The minimum absolute atomic E-state index is 0.0617. The molecule has 146 valence electrons. The Morgan fingerprint density at radius 1 is 0.828 bits per heavy atom. The van der Waals surface area contributed by atoms with E-state index in [4.69, 9.17) is 0 Å². The van der Waals surface area contributed by atoms with Crippen LogP contribution in [-0.4, -0.2) is 11.2 Å². The van der Waals surface area contributed by atoms with Crippen molar-refractivity contribution >= 4 is 43.2 Å². The molecule has 0 aliphatic rings. The van der Waals surface area contributed by atoms with E-state index in [1.54, 1.807) is 6.20 Å². The molecular weight excluding hydrogens is 371 g/mol. The highest BCUT2D eigenvalue weighted by atomic mass is 19.4. The van der Waals surface area contributed by atoms with E-state index in [1.807, 2.05) is 24.3 Å². The van der Waals surface area contributed by atoms with Crippen LogP contribution in [0.1, 0.15) is 25.0 Å². The van der Waals surface area contributed by atoms with Gasteiger partial charge in [0.05, 0.1) is 10.9 Å². The second-order valence-electron chi connectivity index (χ2n) is 8.68. The molecule has 0 amide bonds. The fourth-order valence-corrected chi connectivity index (χ4v) is 4.50. The molecule has 1 nitrogen and oxygen atoms in total. The van der Waals surface area contributed by atoms with Crippen LogP contribution in [0, 0.1) is 12.3 Å². The van der Waals surface area contributed by atoms with Gasteiger partial charge in [0, 0.05) is 17.0 Å². The molecule has 5 aromatic rings. The molecule has 0 aliphatic heterocycles. The molecule has 4 aromatic carbocycles. The molecule has 0 saturated heterocycles. The third-order valence-corrected chi connectivity index (χ3v) is 6.00. The number of pyridine rings is 1. The number of fused-ring (bicyclic) bond motifs is 2. The molecule has 0 radical (unpaired) electrons. The van der Waals surface area contributed by atoms with Crippen molar-refractivity contribution in [3.63, 3.8) is 0 Å². The van der Waals surface area contributed by atoms with Crippen molar-refractivity contribution in [2.24, 2.45) is 5.41 Å². The summed E-state index contributed by atoms with van der Waals surface area (Å²) in [5.41, 5.74) is 0.973.